The van der Waals surface area contributed by atoms with Gasteiger partial charge in [-0.3, -0.25) is 9.78 Å². The van der Waals surface area contributed by atoms with Crippen LogP contribution in [0.1, 0.15) is 22.3 Å². The third-order valence-corrected chi connectivity index (χ3v) is 4.79. The third-order valence-electron chi connectivity index (χ3n) is 4.79. The van der Waals surface area contributed by atoms with Crippen molar-refractivity contribution in [3.05, 3.63) is 106 Å². The fourth-order valence-electron chi connectivity index (χ4n) is 3.01. The Morgan fingerprint density at radius 1 is 0.969 bits per heavy atom. The summed E-state index contributed by atoms with van der Waals surface area (Å²) in [6, 6.07) is 12.4. The highest BCUT2D eigenvalue weighted by atomic mass is 19.1. The molecule has 0 aliphatic heterocycles. The molecule has 0 radical (unpaired) electrons. The van der Waals surface area contributed by atoms with Crippen molar-refractivity contribution < 1.29 is 13.9 Å². The number of aromatic nitrogens is 4. The lowest BCUT2D eigenvalue weighted by molar-refractivity contribution is 0.295. The number of rotatable bonds is 8. The molecule has 0 atom stereocenters. The molecule has 162 valence electrons. The van der Waals surface area contributed by atoms with Crippen LogP contribution in [0.2, 0.25) is 0 Å². The lowest BCUT2D eigenvalue weighted by Gasteiger charge is -2.09. The minimum absolute atomic E-state index is 0.171. The van der Waals surface area contributed by atoms with Gasteiger partial charge in [0.2, 0.25) is 0 Å². The van der Waals surface area contributed by atoms with Crippen molar-refractivity contribution in [3.8, 4) is 17.5 Å². The minimum atomic E-state index is -0.301. The Kier molecular flexibility index (Phi) is 6.50. The van der Waals surface area contributed by atoms with Crippen LogP contribution < -0.4 is 15.0 Å². The maximum atomic E-state index is 13.6. The zero-order valence-electron chi connectivity index (χ0n) is 17.4. The molecule has 0 saturated carbocycles. The highest BCUT2D eigenvalue weighted by Gasteiger charge is 2.06. The van der Waals surface area contributed by atoms with Crippen LogP contribution in [0.25, 0.3) is 0 Å². The molecule has 0 unspecified atom stereocenters. The van der Waals surface area contributed by atoms with E-state index in [4.69, 9.17) is 9.47 Å². The Morgan fingerprint density at radius 3 is 2.44 bits per heavy atom. The topological polar surface area (TPSA) is 90.0 Å². The maximum absolute atomic E-state index is 13.6. The Bertz CT molecular complexity index is 1240. The maximum Gasteiger partial charge on any atom is 0.296 e. The molecule has 0 aliphatic rings. The van der Waals surface area contributed by atoms with Crippen molar-refractivity contribution in [2.45, 2.75) is 19.8 Å². The lowest BCUT2D eigenvalue weighted by Crippen LogP contribution is -2.16. The number of hydrogen-bond donors (Lipinski definition) is 1. The number of H-pyrrole nitrogens is 1. The van der Waals surface area contributed by atoms with Gasteiger partial charge in [0.15, 0.2) is 0 Å². The molecular formula is C24H21FN4O3. The molecule has 2 aromatic carbocycles. The first kappa shape index (κ1) is 21.2. The van der Waals surface area contributed by atoms with Crippen molar-refractivity contribution in [3.63, 3.8) is 0 Å². The van der Waals surface area contributed by atoms with E-state index in [0.29, 0.717) is 42.1 Å². The van der Waals surface area contributed by atoms with Crippen molar-refractivity contribution in [1.29, 1.82) is 0 Å². The predicted octanol–water partition coefficient (Wildman–Crippen LogP) is 4.01. The second kappa shape index (κ2) is 9.82. The van der Waals surface area contributed by atoms with Crippen LogP contribution in [0, 0.1) is 12.7 Å². The number of halogens is 1. The number of nitrogens with zero attached hydrogens (tertiary/aromatic N) is 3. The smallest absolute Gasteiger partial charge is 0.296 e. The van der Waals surface area contributed by atoms with Gasteiger partial charge >= 0.3 is 0 Å². The fourth-order valence-corrected chi connectivity index (χ4v) is 3.01. The molecule has 0 fully saturated rings. The van der Waals surface area contributed by atoms with Crippen LogP contribution in [-0.4, -0.2) is 26.5 Å². The summed E-state index contributed by atoms with van der Waals surface area (Å²) < 4.78 is 24.9. The summed E-state index contributed by atoms with van der Waals surface area (Å²) in [6.07, 6.45) is 7.27. The number of aromatic amines is 1. The SMILES string of the molecule is Cc1ccc(Oc2ccc(CCOc3ncc(Cc4cncnc4)c(=O)[nH]3)cc2)cc1F. The summed E-state index contributed by atoms with van der Waals surface area (Å²) in [4.78, 5) is 26.9. The molecule has 0 saturated heterocycles. The zero-order chi connectivity index (χ0) is 22.3. The van der Waals surface area contributed by atoms with Gasteiger partial charge in [-0.25, -0.2) is 19.3 Å². The number of aryl methyl sites for hydroxylation is 1. The summed E-state index contributed by atoms with van der Waals surface area (Å²) >= 11 is 0. The molecule has 2 aromatic heterocycles. The van der Waals surface area contributed by atoms with Crippen LogP contribution in [-0.2, 0) is 12.8 Å². The number of ether oxygens (including phenoxy) is 2. The van der Waals surface area contributed by atoms with Gasteiger partial charge in [0.05, 0.1) is 6.61 Å². The van der Waals surface area contributed by atoms with E-state index in [1.165, 1.54) is 18.6 Å². The molecule has 8 heteroatoms. The van der Waals surface area contributed by atoms with Crippen molar-refractivity contribution in [1.82, 2.24) is 19.9 Å². The molecule has 32 heavy (non-hydrogen) atoms. The monoisotopic (exact) mass is 432 g/mol. The van der Waals surface area contributed by atoms with Gasteiger partial charge in [0.1, 0.15) is 23.6 Å². The molecule has 4 aromatic rings. The molecule has 2 heterocycles. The molecule has 1 N–H and O–H groups in total. The molecule has 4 rings (SSSR count). The first-order valence-corrected chi connectivity index (χ1v) is 10.0. The Balaban J connectivity index is 1.29. The Labute approximate surface area is 183 Å². The van der Waals surface area contributed by atoms with Crippen LogP contribution in [0.5, 0.6) is 17.5 Å². The summed E-state index contributed by atoms with van der Waals surface area (Å²) in [5.74, 6) is 0.760. The highest BCUT2D eigenvalue weighted by molar-refractivity contribution is 5.35. The van der Waals surface area contributed by atoms with E-state index in [1.807, 2.05) is 24.3 Å². The van der Waals surface area contributed by atoms with E-state index in [2.05, 4.69) is 19.9 Å². The second-order valence-corrected chi connectivity index (χ2v) is 7.22. The van der Waals surface area contributed by atoms with Gasteiger partial charge < -0.3 is 9.47 Å². The van der Waals surface area contributed by atoms with E-state index in [1.54, 1.807) is 31.5 Å². The van der Waals surface area contributed by atoms with Gasteiger partial charge in [-0.1, -0.05) is 18.2 Å². The van der Waals surface area contributed by atoms with Gasteiger partial charge in [-0.15, -0.1) is 0 Å². The van der Waals surface area contributed by atoms with E-state index >= 15 is 0 Å². The van der Waals surface area contributed by atoms with E-state index in [0.717, 1.165) is 11.1 Å². The summed E-state index contributed by atoms with van der Waals surface area (Å²) in [7, 11) is 0. The number of nitrogens with one attached hydrogen (secondary N) is 1. The van der Waals surface area contributed by atoms with Crippen LogP contribution in [0.4, 0.5) is 4.39 Å². The van der Waals surface area contributed by atoms with E-state index in [9.17, 15) is 9.18 Å². The van der Waals surface area contributed by atoms with Crippen molar-refractivity contribution in [2.24, 2.45) is 0 Å². The number of benzene rings is 2. The van der Waals surface area contributed by atoms with E-state index in [-0.39, 0.29) is 17.4 Å². The third kappa shape index (κ3) is 5.54. The summed E-state index contributed by atoms with van der Waals surface area (Å²) in [5, 5.41) is 0. The number of hydrogen-bond acceptors (Lipinski definition) is 6. The first-order chi connectivity index (χ1) is 15.6. The zero-order valence-corrected chi connectivity index (χ0v) is 17.4. The molecule has 0 bridgehead atoms. The van der Waals surface area contributed by atoms with Gasteiger partial charge in [-0.05, 0) is 41.8 Å². The van der Waals surface area contributed by atoms with Crippen molar-refractivity contribution >= 4 is 0 Å². The Morgan fingerprint density at radius 2 is 1.72 bits per heavy atom. The van der Waals surface area contributed by atoms with Gasteiger partial charge in [-0.2, -0.15) is 0 Å². The minimum Gasteiger partial charge on any atom is -0.464 e. The van der Waals surface area contributed by atoms with Crippen LogP contribution >= 0.6 is 0 Å². The molecule has 0 amide bonds. The molecule has 0 spiro atoms. The average molecular weight is 432 g/mol. The first-order valence-electron chi connectivity index (χ1n) is 10.0. The van der Waals surface area contributed by atoms with Crippen molar-refractivity contribution in [2.75, 3.05) is 6.61 Å². The van der Waals surface area contributed by atoms with Gasteiger partial charge in [0, 0.05) is 43.1 Å². The second-order valence-electron chi connectivity index (χ2n) is 7.22. The van der Waals surface area contributed by atoms with Gasteiger partial charge in [0.25, 0.3) is 11.6 Å². The lowest BCUT2D eigenvalue weighted by atomic mass is 10.1. The molecular weight excluding hydrogens is 411 g/mol. The van der Waals surface area contributed by atoms with Crippen LogP contribution in [0.3, 0.4) is 0 Å². The standard InChI is InChI=1S/C24H21FN4O3/c1-16-2-5-21(11-22(16)25)32-20-6-3-17(4-7-20)8-9-31-24-28-14-19(23(30)29-24)10-18-12-26-15-27-13-18/h2-7,11-15H,8-10H2,1H3,(H,28,29,30). The average Bonchev–Trinajstić information content (AvgIpc) is 2.80. The summed E-state index contributed by atoms with van der Waals surface area (Å²) in [6.45, 7) is 2.05. The molecule has 7 nitrogen and oxygen atoms in total. The summed E-state index contributed by atoms with van der Waals surface area (Å²) in [5.41, 5.74) is 2.68. The molecule has 0 aliphatic carbocycles. The normalized spacial score (nSPS) is 10.7. The fraction of sp³-hybridized carbons (Fsp3) is 0.167. The highest BCUT2D eigenvalue weighted by Crippen LogP contribution is 2.23. The van der Waals surface area contributed by atoms with Crippen LogP contribution in [0.15, 0.2) is 72.2 Å². The Hall–Kier alpha value is -4.07. The largest absolute Gasteiger partial charge is 0.464 e. The van der Waals surface area contributed by atoms with E-state index < -0.39 is 0 Å². The predicted molar refractivity (Wildman–Crippen MR) is 117 cm³/mol. The quantitative estimate of drug-likeness (QED) is 0.452.